The van der Waals surface area contributed by atoms with Crippen LogP contribution in [-0.2, 0) is 11.3 Å². The molecule has 0 aliphatic heterocycles. The summed E-state index contributed by atoms with van der Waals surface area (Å²) in [6, 6.07) is -1.82. The van der Waals surface area contributed by atoms with E-state index in [1.54, 1.807) is 6.92 Å². The minimum Gasteiger partial charge on any atom is -0.480 e. The van der Waals surface area contributed by atoms with Crippen LogP contribution in [-0.4, -0.2) is 45.0 Å². The molecule has 1 aromatic heterocycles. The van der Waals surface area contributed by atoms with Crippen molar-refractivity contribution in [3.8, 4) is 0 Å². The smallest absolute Gasteiger partial charge is 0.326 e. The van der Waals surface area contributed by atoms with Crippen molar-refractivity contribution in [2.45, 2.75) is 25.9 Å². The number of carboxylic acids is 1. The monoisotopic (exact) mass is 258 g/mol. The van der Waals surface area contributed by atoms with Gasteiger partial charge in [0.25, 0.3) is 0 Å². The quantitative estimate of drug-likeness (QED) is 0.514. The lowest BCUT2D eigenvalue weighted by Crippen LogP contribution is -2.46. The van der Waals surface area contributed by atoms with Gasteiger partial charge in [-0.1, -0.05) is 5.16 Å². The lowest BCUT2D eigenvalue weighted by Gasteiger charge is -2.13. The Balaban J connectivity index is 2.38. The van der Waals surface area contributed by atoms with Crippen LogP contribution in [0.3, 0.4) is 0 Å². The van der Waals surface area contributed by atoms with E-state index in [0.717, 1.165) is 0 Å². The molecule has 1 atom stereocenters. The van der Waals surface area contributed by atoms with Gasteiger partial charge in [0.1, 0.15) is 6.04 Å². The third-order valence-electron chi connectivity index (χ3n) is 2.00. The first-order chi connectivity index (χ1) is 8.52. The number of aliphatic hydroxyl groups excluding tert-OH is 1. The van der Waals surface area contributed by atoms with Gasteiger partial charge in [0.2, 0.25) is 5.89 Å². The van der Waals surface area contributed by atoms with Gasteiger partial charge in [-0.2, -0.15) is 4.98 Å². The molecule has 1 aromatic rings. The van der Waals surface area contributed by atoms with Gasteiger partial charge in [-0.05, 0) is 0 Å². The third-order valence-corrected chi connectivity index (χ3v) is 2.00. The van der Waals surface area contributed by atoms with Gasteiger partial charge in [-0.3, -0.25) is 0 Å². The summed E-state index contributed by atoms with van der Waals surface area (Å²) in [5.41, 5.74) is 0. The second kappa shape index (κ2) is 6.55. The molecule has 9 heteroatoms. The van der Waals surface area contributed by atoms with Crippen LogP contribution in [0.5, 0.6) is 0 Å². The Hall–Kier alpha value is -2.16. The molecule has 18 heavy (non-hydrogen) atoms. The molecular formula is C9H14N4O5. The summed E-state index contributed by atoms with van der Waals surface area (Å²) in [6.45, 7) is 1.30. The van der Waals surface area contributed by atoms with Crippen molar-refractivity contribution >= 4 is 12.0 Å². The average molecular weight is 258 g/mol. The molecule has 4 N–H and O–H groups in total. The molecule has 0 aliphatic rings. The van der Waals surface area contributed by atoms with Crippen LogP contribution in [0.4, 0.5) is 4.79 Å². The van der Waals surface area contributed by atoms with Gasteiger partial charge >= 0.3 is 12.0 Å². The standard InChI is InChI=1S/C9H14N4O5/c1-5-11-7(13-18-5)4-10-9(17)12-6(2-3-14)8(15)16/h6,14H,2-4H2,1H3,(H,15,16)(H2,10,12,17)/t6-/m0/s1. The van der Waals surface area contributed by atoms with Gasteiger partial charge in [0.05, 0.1) is 6.54 Å². The zero-order valence-electron chi connectivity index (χ0n) is 9.71. The van der Waals surface area contributed by atoms with E-state index in [2.05, 4.69) is 20.8 Å². The first-order valence-corrected chi connectivity index (χ1v) is 5.20. The van der Waals surface area contributed by atoms with E-state index in [-0.39, 0.29) is 25.4 Å². The molecule has 2 amide bonds. The van der Waals surface area contributed by atoms with Crippen molar-refractivity contribution < 1.29 is 24.3 Å². The summed E-state index contributed by atoms with van der Waals surface area (Å²) in [7, 11) is 0. The topological polar surface area (TPSA) is 138 Å². The van der Waals surface area contributed by atoms with Crippen LogP contribution in [0.1, 0.15) is 18.1 Å². The van der Waals surface area contributed by atoms with Crippen LogP contribution in [0.2, 0.25) is 0 Å². The van der Waals surface area contributed by atoms with Crippen LogP contribution in [0.25, 0.3) is 0 Å². The molecule has 0 saturated heterocycles. The molecule has 0 aliphatic carbocycles. The minimum atomic E-state index is -1.21. The maximum Gasteiger partial charge on any atom is 0.326 e. The predicted octanol–water partition coefficient (Wildman–Crippen LogP) is -0.987. The van der Waals surface area contributed by atoms with Crippen LogP contribution in [0.15, 0.2) is 4.52 Å². The Morgan fingerprint density at radius 2 is 2.22 bits per heavy atom. The van der Waals surface area contributed by atoms with E-state index in [0.29, 0.717) is 5.89 Å². The molecular weight excluding hydrogens is 244 g/mol. The lowest BCUT2D eigenvalue weighted by atomic mass is 10.2. The molecule has 0 unspecified atom stereocenters. The summed E-state index contributed by atoms with van der Waals surface area (Å²) in [4.78, 5) is 25.9. The average Bonchev–Trinajstić information content (AvgIpc) is 2.72. The van der Waals surface area contributed by atoms with Gasteiger partial charge in [-0.25, -0.2) is 9.59 Å². The summed E-state index contributed by atoms with van der Waals surface area (Å²) >= 11 is 0. The fourth-order valence-corrected chi connectivity index (χ4v) is 1.17. The highest BCUT2D eigenvalue weighted by Gasteiger charge is 2.19. The second-order valence-electron chi connectivity index (χ2n) is 3.46. The van der Waals surface area contributed by atoms with Crippen molar-refractivity contribution in [1.82, 2.24) is 20.8 Å². The summed E-state index contributed by atoms with van der Waals surface area (Å²) in [5.74, 6) is -0.554. The van der Waals surface area contributed by atoms with Gasteiger partial charge in [0, 0.05) is 20.0 Å². The number of hydrogen-bond donors (Lipinski definition) is 4. The zero-order chi connectivity index (χ0) is 13.5. The first-order valence-electron chi connectivity index (χ1n) is 5.20. The molecule has 0 aromatic carbocycles. The molecule has 0 bridgehead atoms. The normalized spacial score (nSPS) is 11.9. The number of nitrogens with zero attached hydrogens (tertiary/aromatic N) is 2. The molecule has 100 valence electrons. The predicted molar refractivity (Wildman–Crippen MR) is 57.5 cm³/mol. The maximum atomic E-state index is 11.4. The van der Waals surface area contributed by atoms with Crippen LogP contribution >= 0.6 is 0 Å². The number of rotatable bonds is 6. The number of aryl methyl sites for hydroxylation is 1. The number of hydrogen-bond acceptors (Lipinski definition) is 6. The Labute approximate surface area is 102 Å². The first kappa shape index (κ1) is 13.9. The number of aliphatic carboxylic acids is 1. The van der Waals surface area contributed by atoms with Gasteiger partial charge < -0.3 is 25.4 Å². The number of carbonyl (C=O) groups is 2. The largest absolute Gasteiger partial charge is 0.480 e. The van der Waals surface area contributed by atoms with E-state index >= 15 is 0 Å². The second-order valence-corrected chi connectivity index (χ2v) is 3.46. The molecule has 0 fully saturated rings. The van der Waals surface area contributed by atoms with Crippen LogP contribution in [0, 0.1) is 6.92 Å². The lowest BCUT2D eigenvalue weighted by molar-refractivity contribution is -0.139. The van der Waals surface area contributed by atoms with Crippen LogP contribution < -0.4 is 10.6 Å². The highest BCUT2D eigenvalue weighted by atomic mass is 16.5. The SMILES string of the molecule is Cc1nc(CNC(=O)N[C@@H](CCO)C(=O)O)no1. The van der Waals surface area contributed by atoms with Crippen molar-refractivity contribution in [2.24, 2.45) is 0 Å². The molecule has 0 saturated carbocycles. The number of urea groups is 1. The molecule has 0 radical (unpaired) electrons. The summed E-state index contributed by atoms with van der Waals surface area (Å²) in [6.07, 6.45) is -0.0654. The van der Waals surface area contributed by atoms with Crippen molar-refractivity contribution in [3.05, 3.63) is 11.7 Å². The van der Waals surface area contributed by atoms with E-state index in [1.165, 1.54) is 0 Å². The summed E-state index contributed by atoms with van der Waals surface area (Å²) < 4.78 is 4.69. The highest BCUT2D eigenvalue weighted by Crippen LogP contribution is 1.95. The van der Waals surface area contributed by atoms with Crippen molar-refractivity contribution in [3.63, 3.8) is 0 Å². The number of aromatic nitrogens is 2. The number of nitrogens with one attached hydrogen (secondary N) is 2. The Morgan fingerprint density at radius 3 is 2.72 bits per heavy atom. The van der Waals surface area contributed by atoms with Gasteiger partial charge in [0.15, 0.2) is 5.82 Å². The van der Waals surface area contributed by atoms with Gasteiger partial charge in [-0.15, -0.1) is 0 Å². The number of carbonyl (C=O) groups excluding carboxylic acids is 1. The fourth-order valence-electron chi connectivity index (χ4n) is 1.17. The Bertz CT molecular complexity index is 419. The van der Waals surface area contributed by atoms with Crippen molar-refractivity contribution in [1.29, 1.82) is 0 Å². The molecule has 1 heterocycles. The summed E-state index contributed by atoms with van der Waals surface area (Å²) in [5, 5.41) is 25.5. The Kier molecular flexibility index (Phi) is 5.06. The van der Waals surface area contributed by atoms with E-state index in [9.17, 15) is 9.59 Å². The third kappa shape index (κ3) is 4.37. The molecule has 0 spiro atoms. The van der Waals surface area contributed by atoms with Crippen molar-refractivity contribution in [2.75, 3.05) is 6.61 Å². The maximum absolute atomic E-state index is 11.4. The number of aliphatic hydroxyl groups is 1. The number of amides is 2. The Morgan fingerprint density at radius 1 is 1.50 bits per heavy atom. The van der Waals surface area contributed by atoms with E-state index in [1.807, 2.05) is 0 Å². The van der Waals surface area contributed by atoms with E-state index < -0.39 is 18.0 Å². The molecule has 1 rings (SSSR count). The highest BCUT2D eigenvalue weighted by molar-refractivity contribution is 5.82. The fraction of sp³-hybridized carbons (Fsp3) is 0.556. The number of carboxylic acid groups (broad SMARTS) is 1. The van der Waals surface area contributed by atoms with E-state index in [4.69, 9.17) is 14.7 Å². The zero-order valence-corrected chi connectivity index (χ0v) is 9.71. The molecule has 9 nitrogen and oxygen atoms in total. The minimum absolute atomic E-state index is 0.0225.